The summed E-state index contributed by atoms with van der Waals surface area (Å²) in [6.07, 6.45) is 0.848. The lowest BCUT2D eigenvalue weighted by Gasteiger charge is -2.17. The van der Waals surface area contributed by atoms with E-state index in [1.54, 1.807) is 20.1 Å². The van der Waals surface area contributed by atoms with Crippen molar-refractivity contribution in [2.24, 2.45) is 0 Å². The standard InChI is InChI=1S/C17H20FNO/c1-12-10-15(8-9-16(12)18)19-13(2)11-14-6-4-5-7-17(14)20-3/h4-10,13,19H,11H2,1-3H3. The first kappa shape index (κ1) is 14.4. The summed E-state index contributed by atoms with van der Waals surface area (Å²) in [7, 11) is 1.68. The predicted molar refractivity (Wildman–Crippen MR) is 80.9 cm³/mol. The molecule has 0 heterocycles. The number of para-hydroxylation sites is 1. The zero-order valence-electron chi connectivity index (χ0n) is 12.1. The molecule has 0 aliphatic carbocycles. The second-order valence-corrected chi connectivity index (χ2v) is 5.03. The van der Waals surface area contributed by atoms with E-state index in [9.17, 15) is 4.39 Å². The van der Waals surface area contributed by atoms with E-state index in [1.807, 2.05) is 24.3 Å². The molecule has 2 aromatic rings. The molecule has 1 unspecified atom stereocenters. The van der Waals surface area contributed by atoms with Crippen LogP contribution in [-0.4, -0.2) is 13.2 Å². The SMILES string of the molecule is COc1ccccc1CC(C)Nc1ccc(F)c(C)c1. The fourth-order valence-corrected chi connectivity index (χ4v) is 2.27. The van der Waals surface area contributed by atoms with Crippen LogP contribution in [0.2, 0.25) is 0 Å². The van der Waals surface area contributed by atoms with Gasteiger partial charge < -0.3 is 10.1 Å². The minimum atomic E-state index is -0.173. The van der Waals surface area contributed by atoms with E-state index in [-0.39, 0.29) is 11.9 Å². The predicted octanol–water partition coefficient (Wildman–Crippen LogP) is 4.19. The van der Waals surface area contributed by atoms with E-state index in [1.165, 1.54) is 6.07 Å². The fraction of sp³-hybridized carbons (Fsp3) is 0.294. The summed E-state index contributed by atoms with van der Waals surface area (Å²) >= 11 is 0. The number of aryl methyl sites for hydroxylation is 1. The molecule has 1 N–H and O–H groups in total. The van der Waals surface area contributed by atoms with Crippen LogP contribution in [-0.2, 0) is 6.42 Å². The van der Waals surface area contributed by atoms with E-state index in [0.29, 0.717) is 5.56 Å². The van der Waals surface area contributed by atoms with Crippen molar-refractivity contribution in [1.29, 1.82) is 0 Å². The molecule has 2 aromatic carbocycles. The summed E-state index contributed by atoms with van der Waals surface area (Å²) in [5.41, 5.74) is 2.75. The smallest absolute Gasteiger partial charge is 0.126 e. The quantitative estimate of drug-likeness (QED) is 0.882. The lowest BCUT2D eigenvalue weighted by Crippen LogP contribution is -2.18. The molecule has 0 radical (unpaired) electrons. The number of nitrogens with one attached hydrogen (secondary N) is 1. The summed E-state index contributed by atoms with van der Waals surface area (Å²) in [5.74, 6) is 0.726. The minimum absolute atomic E-state index is 0.173. The van der Waals surface area contributed by atoms with Crippen molar-refractivity contribution in [3.8, 4) is 5.75 Å². The van der Waals surface area contributed by atoms with E-state index in [4.69, 9.17) is 4.74 Å². The van der Waals surface area contributed by atoms with Gasteiger partial charge in [0.2, 0.25) is 0 Å². The van der Waals surface area contributed by atoms with Gasteiger partial charge in [-0.2, -0.15) is 0 Å². The maximum Gasteiger partial charge on any atom is 0.126 e. The molecule has 2 rings (SSSR count). The van der Waals surface area contributed by atoms with Gasteiger partial charge in [0.25, 0.3) is 0 Å². The molecule has 2 nitrogen and oxygen atoms in total. The zero-order chi connectivity index (χ0) is 14.5. The number of ether oxygens (including phenoxy) is 1. The molecule has 0 bridgehead atoms. The molecule has 0 aromatic heterocycles. The summed E-state index contributed by atoms with van der Waals surface area (Å²) in [6, 6.07) is 13.3. The summed E-state index contributed by atoms with van der Waals surface area (Å²) < 4.78 is 18.6. The van der Waals surface area contributed by atoms with Crippen molar-refractivity contribution in [3.05, 3.63) is 59.4 Å². The van der Waals surface area contributed by atoms with Gasteiger partial charge in [0.05, 0.1) is 7.11 Å². The van der Waals surface area contributed by atoms with Crippen molar-refractivity contribution in [2.45, 2.75) is 26.3 Å². The average molecular weight is 273 g/mol. The normalized spacial score (nSPS) is 12.0. The number of halogens is 1. The van der Waals surface area contributed by atoms with Gasteiger partial charge in [0.1, 0.15) is 11.6 Å². The van der Waals surface area contributed by atoms with Crippen molar-refractivity contribution in [1.82, 2.24) is 0 Å². The van der Waals surface area contributed by atoms with E-state index in [0.717, 1.165) is 23.4 Å². The zero-order valence-corrected chi connectivity index (χ0v) is 12.1. The average Bonchev–Trinajstić information content (AvgIpc) is 2.43. The number of hydrogen-bond donors (Lipinski definition) is 1. The highest BCUT2D eigenvalue weighted by Crippen LogP contribution is 2.21. The molecule has 0 fully saturated rings. The maximum absolute atomic E-state index is 13.2. The van der Waals surface area contributed by atoms with Crippen LogP contribution in [0.5, 0.6) is 5.75 Å². The van der Waals surface area contributed by atoms with Crippen LogP contribution in [0.1, 0.15) is 18.1 Å². The number of anilines is 1. The second-order valence-electron chi connectivity index (χ2n) is 5.03. The van der Waals surface area contributed by atoms with Crippen LogP contribution in [0.25, 0.3) is 0 Å². The highest BCUT2D eigenvalue weighted by Gasteiger charge is 2.08. The van der Waals surface area contributed by atoms with Gasteiger partial charge in [0.15, 0.2) is 0 Å². The number of methoxy groups -OCH3 is 1. The molecular weight excluding hydrogens is 253 g/mol. The van der Waals surface area contributed by atoms with Crippen LogP contribution in [0.4, 0.5) is 10.1 Å². The van der Waals surface area contributed by atoms with E-state index < -0.39 is 0 Å². The van der Waals surface area contributed by atoms with Gasteiger partial charge in [-0.1, -0.05) is 18.2 Å². The molecule has 3 heteroatoms. The first-order valence-electron chi connectivity index (χ1n) is 6.74. The Balaban J connectivity index is 2.05. The Morgan fingerprint density at radius 1 is 1.20 bits per heavy atom. The van der Waals surface area contributed by atoms with Crippen LogP contribution in [0.3, 0.4) is 0 Å². The lowest BCUT2D eigenvalue weighted by atomic mass is 10.1. The molecule has 106 valence electrons. The Hall–Kier alpha value is -2.03. The van der Waals surface area contributed by atoms with Gasteiger partial charge in [-0.25, -0.2) is 4.39 Å². The molecule has 0 saturated heterocycles. The van der Waals surface area contributed by atoms with Crippen LogP contribution >= 0.6 is 0 Å². The Morgan fingerprint density at radius 2 is 1.95 bits per heavy atom. The Bertz CT molecular complexity index is 583. The Morgan fingerprint density at radius 3 is 2.65 bits per heavy atom. The van der Waals surface area contributed by atoms with Gasteiger partial charge in [-0.05, 0) is 55.7 Å². The molecule has 0 amide bonds. The third-order valence-corrected chi connectivity index (χ3v) is 3.29. The Labute approximate surface area is 119 Å². The largest absolute Gasteiger partial charge is 0.496 e. The van der Waals surface area contributed by atoms with Crippen LogP contribution in [0, 0.1) is 12.7 Å². The molecule has 20 heavy (non-hydrogen) atoms. The first-order valence-corrected chi connectivity index (χ1v) is 6.74. The molecule has 0 spiro atoms. The second kappa shape index (κ2) is 6.42. The highest BCUT2D eigenvalue weighted by molar-refractivity contribution is 5.47. The third kappa shape index (κ3) is 3.50. The topological polar surface area (TPSA) is 21.3 Å². The lowest BCUT2D eigenvalue weighted by molar-refractivity contribution is 0.409. The van der Waals surface area contributed by atoms with Crippen molar-refractivity contribution in [3.63, 3.8) is 0 Å². The van der Waals surface area contributed by atoms with Gasteiger partial charge in [0, 0.05) is 11.7 Å². The fourth-order valence-electron chi connectivity index (χ4n) is 2.27. The first-order chi connectivity index (χ1) is 9.60. The summed E-state index contributed by atoms with van der Waals surface area (Å²) in [5, 5.41) is 3.39. The van der Waals surface area contributed by atoms with E-state index in [2.05, 4.69) is 18.3 Å². The maximum atomic E-state index is 13.2. The number of hydrogen-bond acceptors (Lipinski definition) is 2. The monoisotopic (exact) mass is 273 g/mol. The molecule has 0 aliphatic heterocycles. The summed E-state index contributed by atoms with van der Waals surface area (Å²) in [4.78, 5) is 0. The Kier molecular flexibility index (Phi) is 4.61. The molecular formula is C17H20FNO. The molecule has 1 atom stereocenters. The van der Waals surface area contributed by atoms with E-state index >= 15 is 0 Å². The van der Waals surface area contributed by atoms with Crippen molar-refractivity contribution >= 4 is 5.69 Å². The number of rotatable bonds is 5. The molecule has 0 saturated carbocycles. The van der Waals surface area contributed by atoms with Gasteiger partial charge in [-0.15, -0.1) is 0 Å². The van der Waals surface area contributed by atoms with Gasteiger partial charge in [-0.3, -0.25) is 0 Å². The van der Waals surface area contributed by atoms with Crippen molar-refractivity contribution in [2.75, 3.05) is 12.4 Å². The highest BCUT2D eigenvalue weighted by atomic mass is 19.1. The molecule has 0 aliphatic rings. The summed E-state index contributed by atoms with van der Waals surface area (Å²) in [6.45, 7) is 3.87. The van der Waals surface area contributed by atoms with Crippen molar-refractivity contribution < 1.29 is 9.13 Å². The van der Waals surface area contributed by atoms with Gasteiger partial charge >= 0.3 is 0 Å². The third-order valence-electron chi connectivity index (χ3n) is 3.29. The minimum Gasteiger partial charge on any atom is -0.496 e. The number of benzene rings is 2. The van der Waals surface area contributed by atoms with Crippen LogP contribution < -0.4 is 10.1 Å². The van der Waals surface area contributed by atoms with Crippen LogP contribution in [0.15, 0.2) is 42.5 Å².